The largest absolute Gasteiger partial charge is 0.493 e. The molecule has 0 aliphatic carbocycles. The summed E-state index contributed by atoms with van der Waals surface area (Å²) in [5, 5.41) is 3.30. The number of thioether (sulfide) groups is 1. The summed E-state index contributed by atoms with van der Waals surface area (Å²) in [5.41, 5.74) is 0.949. The fourth-order valence-corrected chi connectivity index (χ4v) is 3.86. The molecular weight excluding hydrogens is 390 g/mol. The number of para-hydroxylation sites is 1. The van der Waals surface area contributed by atoms with Gasteiger partial charge in [-0.2, -0.15) is 0 Å². The van der Waals surface area contributed by atoms with Gasteiger partial charge in [0.15, 0.2) is 16.7 Å². The van der Waals surface area contributed by atoms with E-state index >= 15 is 0 Å². The van der Waals surface area contributed by atoms with Gasteiger partial charge in [0, 0.05) is 12.6 Å². The van der Waals surface area contributed by atoms with Crippen molar-refractivity contribution in [3.63, 3.8) is 0 Å². The highest BCUT2D eigenvalue weighted by Crippen LogP contribution is 2.31. The fraction of sp³-hybridized carbons (Fsp3) is 0.286. The van der Waals surface area contributed by atoms with Gasteiger partial charge < -0.3 is 14.8 Å². The van der Waals surface area contributed by atoms with Crippen molar-refractivity contribution in [3.8, 4) is 17.2 Å². The number of hydrogen-bond donors (Lipinski definition) is 1. The Labute approximate surface area is 173 Å². The first-order valence-corrected chi connectivity index (χ1v) is 10.1. The van der Waals surface area contributed by atoms with E-state index < -0.39 is 5.25 Å². The van der Waals surface area contributed by atoms with Crippen molar-refractivity contribution in [2.45, 2.75) is 24.3 Å². The molecule has 2 aromatic carbocycles. The van der Waals surface area contributed by atoms with E-state index in [2.05, 4.69) is 10.3 Å². The Kier molecular flexibility index (Phi) is 6.43. The molecule has 29 heavy (non-hydrogen) atoms. The maximum atomic E-state index is 13.3. The topological polar surface area (TPSA) is 82.5 Å². The summed E-state index contributed by atoms with van der Waals surface area (Å²) in [7, 11) is 3.09. The molecule has 0 bridgehead atoms. The number of ether oxygens (including phenoxy) is 2. The highest BCUT2D eigenvalue weighted by Gasteiger charge is 2.20. The van der Waals surface area contributed by atoms with Crippen LogP contribution in [0, 0.1) is 0 Å². The SMILES string of the molecule is CCNC(=O)[C@@H](C)Sc1nc2ccccc2c(=O)n1-c1ccc(OC)c(OC)c1. The predicted molar refractivity (Wildman–Crippen MR) is 114 cm³/mol. The summed E-state index contributed by atoms with van der Waals surface area (Å²) in [6.07, 6.45) is 0. The predicted octanol–water partition coefficient (Wildman–Crippen LogP) is 3.02. The molecule has 1 N–H and O–H groups in total. The van der Waals surface area contributed by atoms with Crippen LogP contribution in [0.1, 0.15) is 13.8 Å². The average molecular weight is 413 g/mol. The summed E-state index contributed by atoms with van der Waals surface area (Å²) < 4.78 is 12.2. The van der Waals surface area contributed by atoms with Gasteiger partial charge in [-0.3, -0.25) is 14.2 Å². The third-order valence-electron chi connectivity index (χ3n) is 4.37. The molecular formula is C21H23N3O4S. The molecule has 3 rings (SSSR count). The zero-order valence-corrected chi connectivity index (χ0v) is 17.6. The minimum absolute atomic E-state index is 0.112. The molecule has 0 saturated carbocycles. The molecule has 3 aromatic rings. The smallest absolute Gasteiger partial charge is 0.266 e. The van der Waals surface area contributed by atoms with Crippen LogP contribution in [0.15, 0.2) is 52.4 Å². The van der Waals surface area contributed by atoms with Crippen LogP contribution in [-0.4, -0.2) is 41.5 Å². The number of nitrogens with zero attached hydrogens (tertiary/aromatic N) is 2. The number of hydrogen-bond acceptors (Lipinski definition) is 6. The van der Waals surface area contributed by atoms with Crippen molar-refractivity contribution in [2.75, 3.05) is 20.8 Å². The maximum absolute atomic E-state index is 13.3. The van der Waals surface area contributed by atoms with E-state index in [1.807, 2.05) is 13.0 Å². The zero-order valence-electron chi connectivity index (χ0n) is 16.8. The van der Waals surface area contributed by atoms with Crippen molar-refractivity contribution in [2.24, 2.45) is 0 Å². The molecule has 0 saturated heterocycles. The molecule has 0 spiro atoms. The number of rotatable bonds is 7. The monoisotopic (exact) mass is 413 g/mol. The summed E-state index contributed by atoms with van der Waals surface area (Å²) in [6, 6.07) is 12.4. The van der Waals surface area contributed by atoms with E-state index in [9.17, 15) is 9.59 Å². The minimum atomic E-state index is -0.422. The lowest BCUT2D eigenvalue weighted by molar-refractivity contribution is -0.120. The van der Waals surface area contributed by atoms with Crippen molar-refractivity contribution in [3.05, 3.63) is 52.8 Å². The van der Waals surface area contributed by atoms with Crippen molar-refractivity contribution < 1.29 is 14.3 Å². The Morgan fingerprint density at radius 1 is 1.17 bits per heavy atom. The molecule has 8 heteroatoms. The molecule has 152 valence electrons. The second kappa shape index (κ2) is 9.00. The Morgan fingerprint density at radius 3 is 2.59 bits per heavy atom. The maximum Gasteiger partial charge on any atom is 0.266 e. The molecule has 7 nitrogen and oxygen atoms in total. The van der Waals surface area contributed by atoms with Crippen molar-refractivity contribution >= 4 is 28.6 Å². The van der Waals surface area contributed by atoms with Crippen LogP contribution < -0.4 is 20.3 Å². The molecule has 0 aliphatic rings. The van der Waals surface area contributed by atoms with Gasteiger partial charge in [0.1, 0.15) is 0 Å². The van der Waals surface area contributed by atoms with Gasteiger partial charge in [-0.1, -0.05) is 23.9 Å². The van der Waals surface area contributed by atoms with Gasteiger partial charge >= 0.3 is 0 Å². The standard InChI is InChI=1S/C21H23N3O4S/c1-5-22-19(25)13(2)29-21-23-16-9-7-6-8-15(16)20(26)24(21)14-10-11-17(27-3)18(12-14)28-4/h6-13H,5H2,1-4H3,(H,22,25)/t13-/m1/s1. The third-order valence-corrected chi connectivity index (χ3v) is 5.42. The number of methoxy groups -OCH3 is 2. The Hall–Kier alpha value is -3.00. The quantitative estimate of drug-likeness (QED) is 0.474. The second-order valence-electron chi connectivity index (χ2n) is 6.25. The van der Waals surface area contributed by atoms with Gasteiger partial charge in [0.05, 0.1) is 36.1 Å². The van der Waals surface area contributed by atoms with E-state index in [0.29, 0.717) is 39.8 Å². The number of fused-ring (bicyclic) bond motifs is 1. The highest BCUT2D eigenvalue weighted by molar-refractivity contribution is 8.00. The van der Waals surface area contributed by atoms with Crippen molar-refractivity contribution in [1.29, 1.82) is 0 Å². The van der Waals surface area contributed by atoms with Gasteiger partial charge in [-0.15, -0.1) is 0 Å². The number of nitrogens with one attached hydrogen (secondary N) is 1. The van der Waals surface area contributed by atoms with Crippen LogP contribution in [0.2, 0.25) is 0 Å². The van der Waals surface area contributed by atoms with Crippen LogP contribution in [0.5, 0.6) is 11.5 Å². The fourth-order valence-electron chi connectivity index (χ4n) is 2.91. The normalized spacial score (nSPS) is 11.9. The first-order valence-electron chi connectivity index (χ1n) is 9.18. The molecule has 0 radical (unpaired) electrons. The van der Waals surface area contributed by atoms with E-state index in [1.54, 1.807) is 50.4 Å². The van der Waals surface area contributed by atoms with Crippen molar-refractivity contribution in [1.82, 2.24) is 14.9 Å². The van der Waals surface area contributed by atoms with Crippen LogP contribution in [-0.2, 0) is 4.79 Å². The number of benzene rings is 2. The minimum Gasteiger partial charge on any atom is -0.493 e. The Balaban J connectivity index is 2.20. The molecule has 1 aromatic heterocycles. The zero-order chi connectivity index (χ0) is 21.0. The lowest BCUT2D eigenvalue weighted by atomic mass is 10.2. The number of amides is 1. The van der Waals surface area contributed by atoms with E-state index in [0.717, 1.165) is 0 Å². The second-order valence-corrected chi connectivity index (χ2v) is 7.55. The molecule has 1 atom stereocenters. The summed E-state index contributed by atoms with van der Waals surface area (Å²) in [6.45, 7) is 4.19. The van der Waals surface area contributed by atoms with Gasteiger partial charge in [0.2, 0.25) is 5.91 Å². The highest BCUT2D eigenvalue weighted by atomic mass is 32.2. The molecule has 0 unspecified atom stereocenters. The first kappa shape index (κ1) is 20.7. The van der Waals surface area contributed by atoms with Crippen LogP contribution in [0.4, 0.5) is 0 Å². The van der Waals surface area contributed by atoms with E-state index in [1.165, 1.54) is 23.4 Å². The Morgan fingerprint density at radius 2 is 1.90 bits per heavy atom. The summed E-state index contributed by atoms with van der Waals surface area (Å²) >= 11 is 1.23. The van der Waals surface area contributed by atoms with E-state index in [-0.39, 0.29) is 11.5 Å². The van der Waals surface area contributed by atoms with Gasteiger partial charge in [0.25, 0.3) is 5.56 Å². The summed E-state index contributed by atoms with van der Waals surface area (Å²) in [4.78, 5) is 30.2. The molecule has 1 amide bonds. The molecule has 1 heterocycles. The van der Waals surface area contributed by atoms with Crippen LogP contribution in [0.25, 0.3) is 16.6 Å². The number of aromatic nitrogens is 2. The lowest BCUT2D eigenvalue weighted by Gasteiger charge is -2.17. The third kappa shape index (κ3) is 4.22. The van der Waals surface area contributed by atoms with Crippen LogP contribution in [0.3, 0.4) is 0 Å². The Bertz CT molecular complexity index is 1100. The number of carbonyl (C=O) groups is 1. The summed E-state index contributed by atoms with van der Waals surface area (Å²) in [5.74, 6) is 0.944. The van der Waals surface area contributed by atoms with Crippen LogP contribution >= 0.6 is 11.8 Å². The molecule has 0 aliphatic heterocycles. The first-order chi connectivity index (χ1) is 14.0. The van der Waals surface area contributed by atoms with E-state index in [4.69, 9.17) is 9.47 Å². The lowest BCUT2D eigenvalue weighted by Crippen LogP contribution is -2.31. The number of carbonyl (C=O) groups excluding carboxylic acids is 1. The average Bonchev–Trinajstić information content (AvgIpc) is 2.73. The molecule has 0 fully saturated rings. The van der Waals surface area contributed by atoms with Gasteiger partial charge in [-0.05, 0) is 38.1 Å². The van der Waals surface area contributed by atoms with Gasteiger partial charge in [-0.25, -0.2) is 4.98 Å².